The summed E-state index contributed by atoms with van der Waals surface area (Å²) in [6, 6.07) is 3.01. The fourth-order valence-corrected chi connectivity index (χ4v) is 2.24. The predicted octanol–water partition coefficient (Wildman–Crippen LogP) is -0.290. The van der Waals surface area contributed by atoms with Gasteiger partial charge in [-0.25, -0.2) is 18.1 Å². The summed E-state index contributed by atoms with van der Waals surface area (Å²) in [5.74, 6) is 0.638. The van der Waals surface area contributed by atoms with E-state index in [0.29, 0.717) is 12.4 Å². The second-order valence-electron chi connectivity index (χ2n) is 3.76. The number of aryl methyl sites for hydroxylation is 1. The molecule has 0 saturated heterocycles. The second kappa shape index (κ2) is 5.43. The van der Waals surface area contributed by atoms with Gasteiger partial charge in [-0.1, -0.05) is 11.2 Å². The summed E-state index contributed by atoms with van der Waals surface area (Å²) < 4.78 is 30.9. The average Bonchev–Trinajstić information content (AvgIpc) is 2.82. The van der Waals surface area contributed by atoms with Gasteiger partial charge < -0.3 is 10.3 Å². The van der Waals surface area contributed by atoms with Crippen LogP contribution in [0.25, 0.3) is 0 Å². The van der Waals surface area contributed by atoms with Gasteiger partial charge in [0.2, 0.25) is 5.89 Å². The molecule has 0 atom stereocenters. The number of nitrogens with one attached hydrogen (secondary N) is 1. The van der Waals surface area contributed by atoms with Crippen LogP contribution >= 0.6 is 0 Å². The highest BCUT2D eigenvalue weighted by molar-refractivity contribution is 7.89. The van der Waals surface area contributed by atoms with Crippen molar-refractivity contribution in [1.82, 2.24) is 19.8 Å². The third-order valence-electron chi connectivity index (χ3n) is 2.30. The number of hydrogen-bond donors (Lipinski definition) is 2. The lowest BCUT2D eigenvalue weighted by atomic mass is 10.3. The Morgan fingerprint density at radius 2 is 2.21 bits per heavy atom. The molecule has 0 amide bonds. The molecule has 2 aromatic rings. The average molecular weight is 283 g/mol. The Labute approximate surface area is 110 Å². The molecule has 8 nitrogen and oxygen atoms in total. The molecule has 0 unspecified atom stereocenters. The van der Waals surface area contributed by atoms with Crippen LogP contribution in [0.4, 0.5) is 0 Å². The van der Waals surface area contributed by atoms with Crippen LogP contribution < -0.4 is 10.5 Å². The standard InChI is InChI=1S/C10H13N5O3S/c1-7-14-9(15-18-7)6-13-19(16,17)10-3-2-8(4-11)5-12-10/h2-3,5,13H,4,6,11H2,1H3. The van der Waals surface area contributed by atoms with Crippen molar-refractivity contribution >= 4 is 10.0 Å². The van der Waals surface area contributed by atoms with Gasteiger partial charge in [-0.15, -0.1) is 0 Å². The van der Waals surface area contributed by atoms with Crippen molar-refractivity contribution in [3.63, 3.8) is 0 Å². The zero-order chi connectivity index (χ0) is 13.9. The third-order valence-corrected chi connectivity index (χ3v) is 3.62. The van der Waals surface area contributed by atoms with Gasteiger partial charge in [0.1, 0.15) is 0 Å². The van der Waals surface area contributed by atoms with Crippen molar-refractivity contribution in [2.45, 2.75) is 25.0 Å². The summed E-state index contributed by atoms with van der Waals surface area (Å²) in [5, 5.41) is 3.51. The van der Waals surface area contributed by atoms with Crippen molar-refractivity contribution in [2.24, 2.45) is 5.73 Å². The molecular weight excluding hydrogens is 270 g/mol. The molecule has 102 valence electrons. The summed E-state index contributed by atoms with van der Waals surface area (Å²) >= 11 is 0. The first kappa shape index (κ1) is 13.6. The number of hydrogen-bond acceptors (Lipinski definition) is 7. The summed E-state index contributed by atoms with van der Waals surface area (Å²) in [7, 11) is -3.70. The lowest BCUT2D eigenvalue weighted by Gasteiger charge is -2.04. The van der Waals surface area contributed by atoms with E-state index < -0.39 is 10.0 Å². The highest BCUT2D eigenvalue weighted by Crippen LogP contribution is 2.07. The quantitative estimate of drug-likeness (QED) is 0.772. The minimum atomic E-state index is -3.70. The summed E-state index contributed by atoms with van der Waals surface area (Å²) in [4.78, 5) is 7.74. The fourth-order valence-electron chi connectivity index (χ4n) is 1.34. The molecule has 0 bridgehead atoms. The largest absolute Gasteiger partial charge is 0.340 e. The maximum atomic E-state index is 11.9. The van der Waals surface area contributed by atoms with E-state index >= 15 is 0 Å². The van der Waals surface area contributed by atoms with Crippen molar-refractivity contribution in [3.8, 4) is 0 Å². The van der Waals surface area contributed by atoms with E-state index in [-0.39, 0.29) is 17.4 Å². The zero-order valence-electron chi connectivity index (χ0n) is 10.2. The van der Waals surface area contributed by atoms with Crippen molar-refractivity contribution in [3.05, 3.63) is 35.6 Å². The second-order valence-corrected chi connectivity index (χ2v) is 5.48. The SMILES string of the molecule is Cc1nc(CNS(=O)(=O)c2ccc(CN)cn2)no1. The molecule has 9 heteroatoms. The maximum absolute atomic E-state index is 11.9. The Balaban J connectivity index is 2.09. The van der Waals surface area contributed by atoms with E-state index in [9.17, 15) is 8.42 Å². The van der Waals surface area contributed by atoms with Crippen LogP contribution in [0.5, 0.6) is 0 Å². The summed E-state index contributed by atoms with van der Waals surface area (Å²) in [6.07, 6.45) is 1.42. The van der Waals surface area contributed by atoms with Crippen LogP contribution in [0.2, 0.25) is 0 Å². The smallest absolute Gasteiger partial charge is 0.258 e. The molecule has 3 N–H and O–H groups in total. The normalized spacial score (nSPS) is 11.7. The van der Waals surface area contributed by atoms with Crippen LogP contribution in [-0.2, 0) is 23.1 Å². The molecule has 0 aliphatic carbocycles. The molecule has 0 aliphatic rings. The van der Waals surface area contributed by atoms with Gasteiger partial charge in [0, 0.05) is 19.7 Å². The Kier molecular flexibility index (Phi) is 3.88. The lowest BCUT2D eigenvalue weighted by Crippen LogP contribution is -2.24. The number of sulfonamides is 1. The molecule has 2 rings (SSSR count). The maximum Gasteiger partial charge on any atom is 0.258 e. The van der Waals surface area contributed by atoms with Gasteiger partial charge in [-0.05, 0) is 11.6 Å². The number of aromatic nitrogens is 3. The Hall–Kier alpha value is -1.84. The minimum Gasteiger partial charge on any atom is -0.340 e. The van der Waals surface area contributed by atoms with Crippen molar-refractivity contribution < 1.29 is 12.9 Å². The molecule has 2 heterocycles. The molecule has 0 aromatic carbocycles. The first-order valence-corrected chi connectivity index (χ1v) is 6.93. The van der Waals surface area contributed by atoms with Gasteiger partial charge in [-0.2, -0.15) is 4.98 Å². The monoisotopic (exact) mass is 283 g/mol. The molecule has 0 aliphatic heterocycles. The van der Waals surface area contributed by atoms with Crippen molar-refractivity contribution in [1.29, 1.82) is 0 Å². The molecule has 2 aromatic heterocycles. The van der Waals surface area contributed by atoms with E-state index in [0.717, 1.165) is 5.56 Å². The van der Waals surface area contributed by atoms with Crippen LogP contribution in [0.3, 0.4) is 0 Å². The zero-order valence-corrected chi connectivity index (χ0v) is 11.0. The Bertz CT molecular complexity index is 650. The minimum absolute atomic E-state index is 0.0556. The number of nitrogens with zero attached hydrogens (tertiary/aromatic N) is 3. The molecule has 0 fully saturated rings. The molecular formula is C10H13N5O3S. The topological polar surface area (TPSA) is 124 Å². The molecule has 0 radical (unpaired) electrons. The van der Waals surface area contributed by atoms with Gasteiger partial charge >= 0.3 is 0 Å². The van der Waals surface area contributed by atoms with E-state index in [4.69, 9.17) is 10.3 Å². The highest BCUT2D eigenvalue weighted by Gasteiger charge is 2.16. The van der Waals surface area contributed by atoms with Crippen molar-refractivity contribution in [2.75, 3.05) is 0 Å². The predicted molar refractivity (Wildman–Crippen MR) is 65.2 cm³/mol. The van der Waals surface area contributed by atoms with Crippen LogP contribution in [0.1, 0.15) is 17.3 Å². The Morgan fingerprint density at radius 3 is 2.74 bits per heavy atom. The van der Waals surface area contributed by atoms with Gasteiger partial charge in [0.15, 0.2) is 10.9 Å². The van der Waals surface area contributed by atoms with Crippen LogP contribution in [0, 0.1) is 6.92 Å². The van der Waals surface area contributed by atoms with Gasteiger partial charge in [0.25, 0.3) is 10.0 Å². The van der Waals surface area contributed by atoms with Crippen LogP contribution in [-0.4, -0.2) is 23.5 Å². The van der Waals surface area contributed by atoms with Crippen LogP contribution in [0.15, 0.2) is 27.9 Å². The van der Waals surface area contributed by atoms with Gasteiger partial charge in [-0.3, -0.25) is 0 Å². The number of pyridine rings is 1. The first-order chi connectivity index (χ1) is 9.01. The molecule has 0 saturated carbocycles. The third kappa shape index (κ3) is 3.34. The number of rotatable bonds is 5. The first-order valence-electron chi connectivity index (χ1n) is 5.45. The number of nitrogens with two attached hydrogens (primary N) is 1. The van der Waals surface area contributed by atoms with E-state index in [1.54, 1.807) is 13.0 Å². The lowest BCUT2D eigenvalue weighted by molar-refractivity contribution is 0.387. The van der Waals surface area contributed by atoms with E-state index in [2.05, 4.69) is 19.8 Å². The summed E-state index contributed by atoms with van der Waals surface area (Å²) in [6.45, 7) is 1.88. The molecule has 0 spiro atoms. The Morgan fingerprint density at radius 1 is 1.42 bits per heavy atom. The molecule has 19 heavy (non-hydrogen) atoms. The fraction of sp³-hybridized carbons (Fsp3) is 0.300. The van der Waals surface area contributed by atoms with Gasteiger partial charge in [0.05, 0.1) is 6.54 Å². The summed E-state index contributed by atoms with van der Waals surface area (Å²) in [5.41, 5.74) is 6.17. The van der Waals surface area contributed by atoms with E-state index in [1.807, 2.05) is 0 Å². The highest BCUT2D eigenvalue weighted by atomic mass is 32.2. The van der Waals surface area contributed by atoms with E-state index in [1.165, 1.54) is 12.3 Å².